The van der Waals surface area contributed by atoms with Gasteiger partial charge in [0.2, 0.25) is 5.91 Å². The van der Waals surface area contributed by atoms with Gasteiger partial charge in [-0.1, -0.05) is 45.0 Å². The van der Waals surface area contributed by atoms with Gasteiger partial charge in [-0.25, -0.2) is 0 Å². The molecule has 0 radical (unpaired) electrons. The van der Waals surface area contributed by atoms with Gasteiger partial charge in [0, 0.05) is 33.1 Å². The van der Waals surface area contributed by atoms with E-state index in [1.54, 1.807) is 0 Å². The number of carbonyl (C=O) groups excluding carboxylic acids is 1. The first kappa shape index (κ1) is 19.3. The summed E-state index contributed by atoms with van der Waals surface area (Å²) in [6, 6.07) is 8.74. The molecule has 0 aromatic heterocycles. The number of piperidine rings is 1. The smallest absolute Gasteiger partial charge is 0.217 e. The minimum Gasteiger partial charge on any atom is -0.370 e. The Labute approximate surface area is 151 Å². The number of benzene rings is 1. The van der Waals surface area contributed by atoms with E-state index in [-0.39, 0.29) is 11.3 Å². The Bertz CT molecular complexity index is 601. The highest BCUT2D eigenvalue weighted by atomic mass is 16.1. The van der Waals surface area contributed by atoms with Crippen molar-refractivity contribution in [1.82, 2.24) is 10.2 Å². The molecule has 0 spiro atoms. The van der Waals surface area contributed by atoms with Crippen molar-refractivity contribution in [1.29, 1.82) is 0 Å². The van der Waals surface area contributed by atoms with E-state index in [0.29, 0.717) is 12.3 Å². The fourth-order valence-corrected chi connectivity index (χ4v) is 3.34. The van der Waals surface area contributed by atoms with E-state index < -0.39 is 0 Å². The number of hydrogen-bond acceptors (Lipinski definition) is 2. The average Bonchev–Trinajstić information content (AvgIpc) is 2.55. The van der Waals surface area contributed by atoms with Crippen LogP contribution in [-0.2, 0) is 16.8 Å². The normalized spacial score (nSPS) is 19.0. The molecule has 1 unspecified atom stereocenters. The van der Waals surface area contributed by atoms with Gasteiger partial charge >= 0.3 is 0 Å². The van der Waals surface area contributed by atoms with Gasteiger partial charge in [0.1, 0.15) is 0 Å². The van der Waals surface area contributed by atoms with Crippen molar-refractivity contribution >= 4 is 11.9 Å². The number of likely N-dealkylation sites (tertiary alicyclic amines) is 1. The van der Waals surface area contributed by atoms with E-state index in [1.165, 1.54) is 11.1 Å². The summed E-state index contributed by atoms with van der Waals surface area (Å²) in [5.74, 6) is 1.01. The number of primary amides is 1. The number of nitrogens with zero attached hydrogens (tertiary/aromatic N) is 2. The van der Waals surface area contributed by atoms with E-state index in [1.807, 2.05) is 7.05 Å². The Morgan fingerprint density at radius 2 is 2.00 bits per heavy atom. The third-order valence-electron chi connectivity index (χ3n) is 4.79. The lowest BCUT2D eigenvalue weighted by Crippen LogP contribution is -2.46. The summed E-state index contributed by atoms with van der Waals surface area (Å²) in [7, 11) is 1.81. The molecule has 1 saturated heterocycles. The molecule has 2 rings (SSSR count). The topological polar surface area (TPSA) is 70.7 Å². The average molecular weight is 345 g/mol. The van der Waals surface area contributed by atoms with Crippen LogP contribution in [0.5, 0.6) is 0 Å². The molecule has 1 atom stereocenters. The first-order valence-electron chi connectivity index (χ1n) is 9.13. The van der Waals surface area contributed by atoms with E-state index in [9.17, 15) is 4.79 Å². The molecule has 1 heterocycles. The first-order chi connectivity index (χ1) is 11.8. The predicted molar refractivity (Wildman–Crippen MR) is 103 cm³/mol. The minimum absolute atomic E-state index is 0.172. The third kappa shape index (κ3) is 5.76. The lowest BCUT2D eigenvalue weighted by Gasteiger charge is -2.34. The Morgan fingerprint density at radius 3 is 2.56 bits per heavy atom. The van der Waals surface area contributed by atoms with Crippen LogP contribution in [0.3, 0.4) is 0 Å². The van der Waals surface area contributed by atoms with Gasteiger partial charge in [-0.3, -0.25) is 9.79 Å². The van der Waals surface area contributed by atoms with Crippen LogP contribution in [0.4, 0.5) is 0 Å². The van der Waals surface area contributed by atoms with Gasteiger partial charge in [0.15, 0.2) is 5.96 Å². The molecule has 138 valence electrons. The lowest BCUT2D eigenvalue weighted by molar-refractivity contribution is -0.119. The molecule has 0 aliphatic carbocycles. The molecule has 5 heteroatoms. The second-order valence-corrected chi connectivity index (χ2v) is 7.97. The number of rotatable bonds is 4. The molecule has 1 aliphatic rings. The summed E-state index contributed by atoms with van der Waals surface area (Å²) >= 11 is 0. The van der Waals surface area contributed by atoms with Crippen LogP contribution < -0.4 is 11.1 Å². The van der Waals surface area contributed by atoms with Crippen LogP contribution >= 0.6 is 0 Å². The molecular weight excluding hydrogens is 312 g/mol. The zero-order chi connectivity index (χ0) is 18.4. The number of nitrogens with two attached hydrogens (primary N) is 1. The number of guanidine groups is 1. The highest BCUT2D eigenvalue weighted by Gasteiger charge is 2.23. The number of hydrogen-bond donors (Lipinski definition) is 2. The quantitative estimate of drug-likeness (QED) is 0.651. The molecule has 1 aromatic carbocycles. The molecule has 3 N–H and O–H groups in total. The molecule has 1 fully saturated rings. The summed E-state index contributed by atoms with van der Waals surface area (Å²) < 4.78 is 0. The highest BCUT2D eigenvalue weighted by Crippen LogP contribution is 2.22. The maximum absolute atomic E-state index is 11.2. The summed E-state index contributed by atoms with van der Waals surface area (Å²) in [6.45, 7) is 9.22. The van der Waals surface area contributed by atoms with E-state index in [0.717, 1.165) is 38.4 Å². The Hall–Kier alpha value is -2.04. The maximum atomic E-state index is 11.2. The molecule has 0 saturated carbocycles. The van der Waals surface area contributed by atoms with E-state index in [4.69, 9.17) is 5.73 Å². The Morgan fingerprint density at radius 1 is 1.32 bits per heavy atom. The van der Waals surface area contributed by atoms with Crippen LogP contribution in [0.15, 0.2) is 29.3 Å². The highest BCUT2D eigenvalue weighted by molar-refractivity contribution is 5.80. The summed E-state index contributed by atoms with van der Waals surface area (Å²) in [6.07, 6.45) is 2.59. The minimum atomic E-state index is -0.214. The fourth-order valence-electron chi connectivity index (χ4n) is 3.34. The van der Waals surface area contributed by atoms with Gasteiger partial charge in [-0.15, -0.1) is 0 Å². The lowest BCUT2D eigenvalue weighted by atomic mass is 9.87. The molecule has 1 amide bonds. The van der Waals surface area contributed by atoms with Gasteiger partial charge in [-0.05, 0) is 35.3 Å². The Kier molecular flexibility index (Phi) is 6.45. The molecule has 5 nitrogen and oxygen atoms in total. The standard InChI is InChI=1S/C20H32N4O/c1-20(2,3)17-9-7-15(8-10-17)13-23-19(22-4)24-11-5-6-16(14-24)12-18(21)25/h7-10,16H,5-6,11-14H2,1-4H3,(H2,21,25)(H,22,23). The molecular formula is C20H32N4O. The van der Waals surface area contributed by atoms with Crippen molar-refractivity contribution in [2.45, 2.75) is 52.0 Å². The second kappa shape index (κ2) is 8.37. The number of nitrogens with one attached hydrogen (secondary N) is 1. The van der Waals surface area contributed by atoms with Crippen LogP contribution in [0.25, 0.3) is 0 Å². The molecule has 25 heavy (non-hydrogen) atoms. The monoisotopic (exact) mass is 344 g/mol. The summed E-state index contributed by atoms with van der Waals surface area (Å²) in [5, 5.41) is 3.45. The molecule has 1 aliphatic heterocycles. The largest absolute Gasteiger partial charge is 0.370 e. The Balaban J connectivity index is 1.92. The van der Waals surface area contributed by atoms with Crippen molar-refractivity contribution in [3.05, 3.63) is 35.4 Å². The third-order valence-corrected chi connectivity index (χ3v) is 4.79. The molecule has 1 aromatic rings. The number of amides is 1. The van der Waals surface area contributed by atoms with Gasteiger partial charge in [0.25, 0.3) is 0 Å². The van der Waals surface area contributed by atoms with Crippen molar-refractivity contribution < 1.29 is 4.79 Å². The van der Waals surface area contributed by atoms with E-state index >= 15 is 0 Å². The zero-order valence-corrected chi connectivity index (χ0v) is 16.0. The first-order valence-corrected chi connectivity index (χ1v) is 9.13. The fraction of sp³-hybridized carbons (Fsp3) is 0.600. The number of aliphatic imine (C=N–C) groups is 1. The van der Waals surface area contributed by atoms with Crippen molar-refractivity contribution in [3.63, 3.8) is 0 Å². The van der Waals surface area contributed by atoms with Crippen LogP contribution in [-0.4, -0.2) is 36.9 Å². The van der Waals surface area contributed by atoms with Gasteiger partial charge in [-0.2, -0.15) is 0 Å². The van der Waals surface area contributed by atoms with Crippen LogP contribution in [0.2, 0.25) is 0 Å². The SMILES string of the molecule is CN=C(NCc1ccc(C(C)(C)C)cc1)N1CCCC(CC(N)=O)C1. The second-order valence-electron chi connectivity index (χ2n) is 7.97. The summed E-state index contributed by atoms with van der Waals surface area (Å²) in [5.41, 5.74) is 8.10. The predicted octanol–water partition coefficient (Wildman–Crippen LogP) is 2.65. The molecule has 0 bridgehead atoms. The zero-order valence-electron chi connectivity index (χ0n) is 16.0. The van der Waals surface area contributed by atoms with Gasteiger partial charge in [0.05, 0.1) is 0 Å². The van der Waals surface area contributed by atoms with Crippen molar-refractivity contribution in [2.75, 3.05) is 20.1 Å². The van der Waals surface area contributed by atoms with Gasteiger partial charge < -0.3 is 16.0 Å². The number of carbonyl (C=O) groups is 1. The van der Waals surface area contributed by atoms with Crippen LogP contribution in [0.1, 0.15) is 51.2 Å². The maximum Gasteiger partial charge on any atom is 0.217 e. The summed E-state index contributed by atoms with van der Waals surface area (Å²) in [4.78, 5) is 17.8. The van der Waals surface area contributed by atoms with Crippen molar-refractivity contribution in [3.8, 4) is 0 Å². The van der Waals surface area contributed by atoms with Crippen LogP contribution in [0, 0.1) is 5.92 Å². The van der Waals surface area contributed by atoms with E-state index in [2.05, 4.69) is 60.2 Å². The van der Waals surface area contributed by atoms with Crippen molar-refractivity contribution in [2.24, 2.45) is 16.6 Å².